The van der Waals surface area contributed by atoms with Crippen molar-refractivity contribution in [3.05, 3.63) is 118 Å². The lowest BCUT2D eigenvalue weighted by atomic mass is 10.00. The number of halogens is 7. The molecule has 0 saturated carbocycles. The Balaban J connectivity index is 1.64. The van der Waals surface area contributed by atoms with Crippen molar-refractivity contribution in [2.45, 2.75) is 24.9 Å². The third-order valence-corrected chi connectivity index (χ3v) is 9.10. The van der Waals surface area contributed by atoms with Gasteiger partial charge in [0.2, 0.25) is 0 Å². The summed E-state index contributed by atoms with van der Waals surface area (Å²) in [4.78, 5) is 38.6. The van der Waals surface area contributed by atoms with Crippen molar-refractivity contribution in [3.63, 3.8) is 0 Å². The maximum Gasteiger partial charge on any atom is 0.460 e. The molecule has 5 aromatic rings. The number of ether oxygens (including phenoxy) is 1. The number of carbonyl (C=O) groups excluding carboxylic acids is 1. The molecule has 0 saturated heterocycles. The summed E-state index contributed by atoms with van der Waals surface area (Å²) in [6.07, 6.45) is -1.24. The van der Waals surface area contributed by atoms with E-state index in [2.05, 4.69) is 15.0 Å². The minimum Gasteiger partial charge on any atom is -0.478 e. The van der Waals surface area contributed by atoms with Crippen molar-refractivity contribution >= 4 is 58.3 Å². The zero-order chi connectivity index (χ0) is 38.7. The molecular weight excluding hydrogens is 721 g/mol. The number of benzene rings is 2. The molecule has 0 radical (unpaired) electrons. The van der Waals surface area contributed by atoms with Crippen LogP contribution in [-0.2, 0) is 10.7 Å². The SMILES string of the molecule is COC(=O)c1ccc(-c2c3nc(c(C)c4ccc([nH]4)c(-c4ccc(C(=O)O)cc4)c4nc(c(C(F)(F)C(F)(F)C(F)(F)F)c5ccc2[nH]5)C=C4)C=C3)cc1. The number of aryl methyl sites for hydroxylation is 1. The van der Waals surface area contributed by atoms with Gasteiger partial charge in [0.05, 0.1) is 52.1 Å². The van der Waals surface area contributed by atoms with E-state index in [0.29, 0.717) is 33.4 Å². The number of carbonyl (C=O) groups is 2. The average Bonchev–Trinajstić information content (AvgIpc) is 3.97. The van der Waals surface area contributed by atoms with Gasteiger partial charge in [0.15, 0.2) is 0 Å². The lowest BCUT2D eigenvalue weighted by Crippen LogP contribution is -2.50. The van der Waals surface area contributed by atoms with E-state index in [4.69, 9.17) is 9.72 Å². The Morgan fingerprint density at radius 3 is 1.57 bits per heavy atom. The lowest BCUT2D eigenvalue weighted by molar-refractivity contribution is -0.359. The minimum absolute atomic E-state index is 0.0218. The van der Waals surface area contributed by atoms with Crippen molar-refractivity contribution in [1.82, 2.24) is 19.9 Å². The zero-order valence-corrected chi connectivity index (χ0v) is 27.9. The third-order valence-electron chi connectivity index (χ3n) is 9.10. The Hall–Kier alpha value is -6.51. The second-order valence-electron chi connectivity index (χ2n) is 12.4. The molecule has 2 aliphatic heterocycles. The highest BCUT2D eigenvalue weighted by atomic mass is 19.4. The summed E-state index contributed by atoms with van der Waals surface area (Å²) in [7, 11) is 1.20. The van der Waals surface area contributed by atoms with Crippen molar-refractivity contribution in [2.75, 3.05) is 7.11 Å². The van der Waals surface area contributed by atoms with Crippen LogP contribution in [0.25, 0.3) is 68.6 Å². The Morgan fingerprint density at radius 2 is 1.06 bits per heavy atom. The maximum absolute atomic E-state index is 16.0. The minimum atomic E-state index is -6.66. The van der Waals surface area contributed by atoms with E-state index in [1.165, 1.54) is 67.8 Å². The Labute approximate surface area is 300 Å². The van der Waals surface area contributed by atoms with Gasteiger partial charge in [-0.15, -0.1) is 0 Å². The molecule has 0 aliphatic carbocycles. The number of aromatic amines is 2. The summed E-state index contributed by atoms with van der Waals surface area (Å²) >= 11 is 0. The number of carboxylic acid groups (broad SMARTS) is 1. The van der Waals surface area contributed by atoms with E-state index < -0.39 is 46.7 Å². The number of hydrogen-bond acceptors (Lipinski definition) is 5. The number of hydrogen-bond donors (Lipinski definition) is 3. The fourth-order valence-electron chi connectivity index (χ4n) is 6.29. The van der Waals surface area contributed by atoms with E-state index in [1.54, 1.807) is 31.2 Å². The van der Waals surface area contributed by atoms with Gasteiger partial charge in [-0.3, -0.25) is 0 Å². The van der Waals surface area contributed by atoms with Crippen LogP contribution >= 0.6 is 0 Å². The van der Waals surface area contributed by atoms with Crippen LogP contribution in [0.2, 0.25) is 0 Å². The topological polar surface area (TPSA) is 121 Å². The second kappa shape index (κ2) is 12.9. The van der Waals surface area contributed by atoms with Crippen LogP contribution in [0.1, 0.15) is 54.6 Å². The van der Waals surface area contributed by atoms with Crippen LogP contribution in [0.3, 0.4) is 0 Å². The number of methoxy groups -OCH3 is 1. The number of rotatable bonds is 6. The van der Waals surface area contributed by atoms with Crippen LogP contribution in [0, 0.1) is 6.92 Å². The Bertz CT molecular complexity index is 2590. The van der Waals surface area contributed by atoms with E-state index in [1.807, 2.05) is 0 Å². The highest BCUT2D eigenvalue weighted by Gasteiger charge is 2.74. The predicted octanol–water partition coefficient (Wildman–Crippen LogP) is 10.1. The number of esters is 1. The van der Waals surface area contributed by atoms with Crippen molar-refractivity contribution in [1.29, 1.82) is 0 Å². The summed E-state index contributed by atoms with van der Waals surface area (Å²) in [6, 6.07) is 16.9. The van der Waals surface area contributed by atoms with Gasteiger partial charge in [-0.2, -0.15) is 30.7 Å². The normalized spacial score (nSPS) is 13.0. The summed E-state index contributed by atoms with van der Waals surface area (Å²) < 4.78 is 108. The first kappa shape index (κ1) is 35.9. The van der Waals surface area contributed by atoms with Crippen LogP contribution in [0.4, 0.5) is 30.7 Å². The van der Waals surface area contributed by atoms with Crippen LogP contribution in [-0.4, -0.2) is 56.2 Å². The highest BCUT2D eigenvalue weighted by Crippen LogP contribution is 2.53. The first-order chi connectivity index (χ1) is 25.5. The molecule has 0 spiro atoms. The number of nitrogens with zero attached hydrogens (tertiary/aromatic N) is 2. The van der Waals surface area contributed by atoms with E-state index >= 15 is 8.78 Å². The molecule has 8 bridgehead atoms. The van der Waals surface area contributed by atoms with Gasteiger partial charge in [-0.05, 0) is 96.4 Å². The average molecular weight is 747 g/mol. The number of fused-ring (bicyclic) bond motifs is 8. The number of H-pyrrole nitrogens is 2. The number of aromatic carboxylic acids is 1. The quantitative estimate of drug-likeness (QED) is 0.115. The molecule has 54 heavy (non-hydrogen) atoms. The molecule has 0 amide bonds. The van der Waals surface area contributed by atoms with Crippen LogP contribution in [0.5, 0.6) is 0 Å². The third kappa shape index (κ3) is 5.90. The molecule has 7 rings (SSSR count). The summed E-state index contributed by atoms with van der Waals surface area (Å²) in [5.74, 6) is -14.3. The molecule has 0 unspecified atom stereocenters. The molecule has 15 heteroatoms. The zero-order valence-electron chi connectivity index (χ0n) is 27.9. The molecule has 8 nitrogen and oxygen atoms in total. The Kier molecular flexibility index (Phi) is 8.54. The fraction of sp³-hybridized carbons (Fsp3) is 0.128. The lowest BCUT2D eigenvalue weighted by Gasteiger charge is -2.28. The summed E-state index contributed by atoms with van der Waals surface area (Å²) in [5.41, 5.74) is 0.142. The largest absolute Gasteiger partial charge is 0.478 e. The highest BCUT2D eigenvalue weighted by molar-refractivity contribution is 5.96. The Morgan fingerprint density at radius 1 is 0.611 bits per heavy atom. The van der Waals surface area contributed by atoms with E-state index in [0.717, 1.165) is 12.1 Å². The second-order valence-corrected chi connectivity index (χ2v) is 12.4. The molecule has 2 aliphatic rings. The molecular formula is C39H25F7N4O4. The molecule has 0 fully saturated rings. The summed E-state index contributed by atoms with van der Waals surface area (Å²) in [6.45, 7) is 1.80. The van der Waals surface area contributed by atoms with Gasteiger partial charge in [0.25, 0.3) is 0 Å². The number of carboxylic acids is 1. The first-order valence-electron chi connectivity index (χ1n) is 16.0. The van der Waals surface area contributed by atoms with E-state index in [-0.39, 0.29) is 39.2 Å². The predicted molar refractivity (Wildman–Crippen MR) is 188 cm³/mol. The standard InChI is InChI=1S/C39H25F7N4O4/c1-19-24-11-13-26(47-24)32(20-3-7-22(8-4-20)35(51)52)28-15-17-30(49-28)34(37(40,41)38(42,43)39(44,45)46)31-18-16-29(50-31)33(27-14-12-25(19)48-27)21-5-9-23(10-6-21)36(53)54-2/h3-18,47,50H,1-2H3,(H,51,52). The van der Waals surface area contributed by atoms with Gasteiger partial charge in [-0.25, -0.2) is 19.6 Å². The molecule has 5 heterocycles. The van der Waals surface area contributed by atoms with Gasteiger partial charge in [0, 0.05) is 27.7 Å². The van der Waals surface area contributed by atoms with Gasteiger partial charge in [0.1, 0.15) is 0 Å². The van der Waals surface area contributed by atoms with Gasteiger partial charge < -0.3 is 19.8 Å². The number of aromatic nitrogens is 4. The molecule has 3 aromatic heterocycles. The molecule has 0 atom stereocenters. The van der Waals surface area contributed by atoms with Crippen LogP contribution < -0.4 is 0 Å². The monoisotopic (exact) mass is 746 g/mol. The van der Waals surface area contributed by atoms with Crippen molar-refractivity contribution < 1.29 is 50.2 Å². The summed E-state index contributed by atoms with van der Waals surface area (Å²) in [5, 5.41) is 9.43. The van der Waals surface area contributed by atoms with Crippen LogP contribution in [0.15, 0.2) is 72.8 Å². The van der Waals surface area contributed by atoms with E-state index in [9.17, 15) is 36.6 Å². The van der Waals surface area contributed by atoms with Gasteiger partial charge in [-0.1, -0.05) is 24.3 Å². The molecule has 2 aromatic carbocycles. The first-order valence-corrected chi connectivity index (χ1v) is 16.0. The maximum atomic E-state index is 16.0. The number of alkyl halides is 7. The smallest absolute Gasteiger partial charge is 0.460 e. The number of nitrogens with one attached hydrogen (secondary N) is 2. The molecule has 274 valence electrons. The van der Waals surface area contributed by atoms with Crippen molar-refractivity contribution in [3.8, 4) is 22.3 Å². The molecule has 3 N–H and O–H groups in total. The van der Waals surface area contributed by atoms with Crippen molar-refractivity contribution in [2.24, 2.45) is 0 Å². The fourth-order valence-corrected chi connectivity index (χ4v) is 6.29. The van der Waals surface area contributed by atoms with Gasteiger partial charge >= 0.3 is 30.0 Å².